The second kappa shape index (κ2) is 5.62. The Morgan fingerprint density at radius 3 is 2.48 bits per heavy atom. The summed E-state index contributed by atoms with van der Waals surface area (Å²) in [6.07, 6.45) is 1.93. The van der Waals surface area contributed by atoms with Gasteiger partial charge in [0.1, 0.15) is 0 Å². The van der Waals surface area contributed by atoms with E-state index in [-0.39, 0.29) is 11.4 Å². The van der Waals surface area contributed by atoms with Crippen LogP contribution in [0.25, 0.3) is 10.8 Å². The summed E-state index contributed by atoms with van der Waals surface area (Å²) in [5.74, 6) is -0.0466. The highest BCUT2D eigenvalue weighted by molar-refractivity contribution is 5.98. The normalized spacial score (nSPS) is 15.1. The van der Waals surface area contributed by atoms with Gasteiger partial charge in [-0.2, -0.15) is 0 Å². The number of aryl methyl sites for hydroxylation is 2. The molecule has 126 valence electrons. The van der Waals surface area contributed by atoms with E-state index in [2.05, 4.69) is 41.7 Å². The van der Waals surface area contributed by atoms with Crippen molar-refractivity contribution >= 4 is 22.4 Å². The van der Waals surface area contributed by atoms with E-state index < -0.39 is 0 Å². The first-order valence-electron chi connectivity index (χ1n) is 8.68. The number of hydrogen-bond acceptors (Lipinski definition) is 2. The first kappa shape index (κ1) is 15.7. The molecule has 0 radical (unpaired) electrons. The molecule has 0 aliphatic heterocycles. The summed E-state index contributed by atoms with van der Waals surface area (Å²) in [5.41, 5.74) is 10.2. The molecule has 0 saturated heterocycles. The molecule has 3 N–H and O–H groups in total. The average molecular weight is 330 g/mol. The number of fused-ring (bicyclic) bond motifs is 1. The summed E-state index contributed by atoms with van der Waals surface area (Å²) >= 11 is 0. The molecule has 3 nitrogen and oxygen atoms in total. The predicted molar refractivity (Wildman–Crippen MR) is 103 cm³/mol. The first-order valence-corrected chi connectivity index (χ1v) is 8.68. The third-order valence-electron chi connectivity index (χ3n) is 5.27. The van der Waals surface area contributed by atoms with Gasteiger partial charge in [-0.15, -0.1) is 0 Å². The van der Waals surface area contributed by atoms with Crippen molar-refractivity contribution in [3.8, 4) is 0 Å². The van der Waals surface area contributed by atoms with Gasteiger partial charge in [0.2, 0.25) is 0 Å². The number of nitrogens with one attached hydrogen (secondary N) is 1. The van der Waals surface area contributed by atoms with E-state index in [0.717, 1.165) is 24.0 Å². The number of nitrogen functional groups attached to an aromatic ring is 1. The Bertz CT molecular complexity index is 981. The van der Waals surface area contributed by atoms with E-state index in [4.69, 9.17) is 5.73 Å². The lowest BCUT2D eigenvalue weighted by Crippen LogP contribution is -2.35. The quantitative estimate of drug-likeness (QED) is 0.697. The topological polar surface area (TPSA) is 55.1 Å². The monoisotopic (exact) mass is 330 g/mol. The van der Waals surface area contributed by atoms with Gasteiger partial charge >= 0.3 is 0 Å². The van der Waals surface area contributed by atoms with Crippen molar-refractivity contribution in [1.29, 1.82) is 0 Å². The molecule has 0 unspecified atom stereocenters. The van der Waals surface area contributed by atoms with Crippen LogP contribution in [0.2, 0.25) is 0 Å². The highest BCUT2D eigenvalue weighted by atomic mass is 16.1. The molecule has 0 bridgehead atoms. The largest absolute Gasteiger partial charge is 0.398 e. The maximum absolute atomic E-state index is 12.9. The lowest BCUT2D eigenvalue weighted by Gasteiger charge is -2.21. The fourth-order valence-electron chi connectivity index (χ4n) is 3.63. The van der Waals surface area contributed by atoms with Crippen molar-refractivity contribution < 1.29 is 4.79 Å². The van der Waals surface area contributed by atoms with Gasteiger partial charge in [0.15, 0.2) is 0 Å². The van der Waals surface area contributed by atoms with Crippen LogP contribution in [-0.2, 0) is 5.54 Å². The van der Waals surface area contributed by atoms with Crippen molar-refractivity contribution in [3.05, 3.63) is 76.9 Å². The molecule has 1 aliphatic rings. The second-order valence-corrected chi connectivity index (χ2v) is 7.09. The van der Waals surface area contributed by atoms with Gasteiger partial charge in [-0.05, 0) is 60.2 Å². The lowest BCUT2D eigenvalue weighted by atomic mass is 9.96. The van der Waals surface area contributed by atoms with Crippen LogP contribution >= 0.6 is 0 Å². The van der Waals surface area contributed by atoms with Gasteiger partial charge in [0.05, 0.1) is 5.54 Å². The fourth-order valence-corrected chi connectivity index (χ4v) is 3.63. The molecule has 0 heterocycles. The highest BCUT2D eigenvalue weighted by Crippen LogP contribution is 2.48. The Labute approximate surface area is 147 Å². The summed E-state index contributed by atoms with van der Waals surface area (Å²) in [6.45, 7) is 3.92. The Morgan fingerprint density at radius 1 is 1.00 bits per heavy atom. The average Bonchev–Trinajstić information content (AvgIpc) is 3.38. The van der Waals surface area contributed by atoms with Gasteiger partial charge in [0.25, 0.3) is 5.91 Å². The van der Waals surface area contributed by atoms with Crippen LogP contribution in [0.15, 0.2) is 54.6 Å². The summed E-state index contributed by atoms with van der Waals surface area (Å²) in [4.78, 5) is 12.9. The van der Waals surface area contributed by atoms with Crippen LogP contribution in [0, 0.1) is 13.8 Å². The molecular formula is C22H22N2O. The molecule has 3 heteroatoms. The number of hydrogen-bond donors (Lipinski definition) is 2. The van der Waals surface area contributed by atoms with E-state index in [0.29, 0.717) is 11.3 Å². The van der Waals surface area contributed by atoms with Crippen LogP contribution in [0.3, 0.4) is 0 Å². The molecule has 1 saturated carbocycles. The van der Waals surface area contributed by atoms with Gasteiger partial charge in [0, 0.05) is 11.3 Å². The van der Waals surface area contributed by atoms with Gasteiger partial charge in [-0.3, -0.25) is 4.79 Å². The number of carbonyl (C=O) groups is 1. The van der Waals surface area contributed by atoms with Crippen molar-refractivity contribution in [2.75, 3.05) is 5.73 Å². The zero-order valence-corrected chi connectivity index (χ0v) is 14.6. The number of amides is 1. The standard InChI is InChI=1S/C22H22N2O/c1-14-12-15(2)20(23)13-18(14)21(25)24-22(10-11-22)19-9-5-7-16-6-3-4-8-17(16)19/h3-9,12-13H,10-11,23H2,1-2H3,(H,24,25). The molecule has 1 amide bonds. The lowest BCUT2D eigenvalue weighted by molar-refractivity contribution is 0.0930. The van der Waals surface area contributed by atoms with Crippen molar-refractivity contribution in [2.24, 2.45) is 0 Å². The number of benzene rings is 3. The molecule has 4 rings (SSSR count). The zero-order chi connectivity index (χ0) is 17.6. The number of rotatable bonds is 3. The number of anilines is 1. The predicted octanol–water partition coefficient (Wildman–Crippen LogP) is 4.46. The Balaban J connectivity index is 1.71. The Hall–Kier alpha value is -2.81. The first-order chi connectivity index (χ1) is 12.0. The van der Waals surface area contributed by atoms with Crippen molar-refractivity contribution in [2.45, 2.75) is 32.2 Å². The fraction of sp³-hybridized carbons (Fsp3) is 0.227. The van der Waals surface area contributed by atoms with Crippen molar-refractivity contribution in [1.82, 2.24) is 5.32 Å². The molecule has 25 heavy (non-hydrogen) atoms. The molecule has 1 fully saturated rings. The van der Waals surface area contributed by atoms with E-state index in [1.165, 1.54) is 16.3 Å². The molecule has 0 aromatic heterocycles. The van der Waals surface area contributed by atoms with E-state index >= 15 is 0 Å². The minimum absolute atomic E-state index is 0.0466. The minimum atomic E-state index is -0.260. The number of nitrogens with two attached hydrogens (primary N) is 1. The second-order valence-electron chi connectivity index (χ2n) is 7.09. The third-order valence-corrected chi connectivity index (χ3v) is 5.27. The van der Waals surface area contributed by atoms with Crippen LogP contribution < -0.4 is 11.1 Å². The highest BCUT2D eigenvalue weighted by Gasteiger charge is 2.46. The van der Waals surface area contributed by atoms with E-state index in [1.807, 2.05) is 26.0 Å². The van der Waals surface area contributed by atoms with Crippen LogP contribution in [0.5, 0.6) is 0 Å². The maximum atomic E-state index is 12.9. The molecule has 0 atom stereocenters. The summed E-state index contributed by atoms with van der Waals surface area (Å²) in [5, 5.41) is 5.70. The minimum Gasteiger partial charge on any atom is -0.398 e. The molecule has 0 spiro atoms. The molecule has 1 aliphatic carbocycles. The van der Waals surface area contributed by atoms with Crippen LogP contribution in [-0.4, -0.2) is 5.91 Å². The smallest absolute Gasteiger partial charge is 0.252 e. The molecule has 3 aromatic rings. The van der Waals surface area contributed by atoms with Gasteiger partial charge < -0.3 is 11.1 Å². The van der Waals surface area contributed by atoms with Crippen LogP contribution in [0.1, 0.15) is 39.9 Å². The van der Waals surface area contributed by atoms with Gasteiger partial charge in [-0.25, -0.2) is 0 Å². The summed E-state index contributed by atoms with van der Waals surface area (Å²) in [7, 11) is 0. The van der Waals surface area contributed by atoms with Gasteiger partial charge in [-0.1, -0.05) is 48.5 Å². The maximum Gasteiger partial charge on any atom is 0.252 e. The van der Waals surface area contributed by atoms with Crippen LogP contribution in [0.4, 0.5) is 5.69 Å². The molecular weight excluding hydrogens is 308 g/mol. The van der Waals surface area contributed by atoms with E-state index in [9.17, 15) is 4.79 Å². The summed E-state index contributed by atoms with van der Waals surface area (Å²) in [6, 6.07) is 18.4. The SMILES string of the molecule is Cc1cc(C)c(C(=O)NC2(c3cccc4ccccc34)CC2)cc1N. The summed E-state index contributed by atoms with van der Waals surface area (Å²) < 4.78 is 0. The Kier molecular flexibility index (Phi) is 3.53. The third kappa shape index (κ3) is 2.66. The molecule has 3 aromatic carbocycles. The van der Waals surface area contributed by atoms with Crippen molar-refractivity contribution in [3.63, 3.8) is 0 Å². The Morgan fingerprint density at radius 2 is 1.72 bits per heavy atom. The number of carbonyl (C=O) groups excluding carboxylic acids is 1. The van der Waals surface area contributed by atoms with E-state index in [1.54, 1.807) is 6.07 Å². The zero-order valence-electron chi connectivity index (χ0n) is 14.6.